The van der Waals surface area contributed by atoms with Gasteiger partial charge in [0.2, 0.25) is 5.91 Å². The summed E-state index contributed by atoms with van der Waals surface area (Å²) in [5.74, 6) is 2.29. The van der Waals surface area contributed by atoms with E-state index in [4.69, 9.17) is 0 Å². The average molecular weight is 342 g/mol. The van der Waals surface area contributed by atoms with Crippen LogP contribution in [0.25, 0.3) is 6.08 Å². The SMILES string of the molecule is O=C(/C=C\c1cccnc1)Nc1cccc(C2SCCCS2)c1. The second-order valence-electron chi connectivity index (χ2n) is 5.16. The van der Waals surface area contributed by atoms with E-state index < -0.39 is 0 Å². The highest BCUT2D eigenvalue weighted by molar-refractivity contribution is 8.16. The molecule has 23 heavy (non-hydrogen) atoms. The van der Waals surface area contributed by atoms with Crippen molar-refractivity contribution in [3.63, 3.8) is 0 Å². The Morgan fingerprint density at radius 3 is 2.87 bits per heavy atom. The maximum absolute atomic E-state index is 12.0. The second kappa shape index (κ2) is 8.22. The topological polar surface area (TPSA) is 42.0 Å². The smallest absolute Gasteiger partial charge is 0.248 e. The number of amides is 1. The number of nitrogens with zero attached hydrogens (tertiary/aromatic N) is 1. The summed E-state index contributed by atoms with van der Waals surface area (Å²) in [4.78, 5) is 16.1. The number of hydrogen-bond donors (Lipinski definition) is 1. The van der Waals surface area contributed by atoms with E-state index in [0.717, 1.165) is 11.3 Å². The van der Waals surface area contributed by atoms with Gasteiger partial charge in [0.25, 0.3) is 0 Å². The van der Waals surface area contributed by atoms with Crippen LogP contribution in [0.3, 0.4) is 0 Å². The van der Waals surface area contributed by atoms with Crippen LogP contribution in [-0.4, -0.2) is 22.4 Å². The number of carbonyl (C=O) groups excluding carboxylic acids is 1. The molecule has 1 aliphatic rings. The Kier molecular flexibility index (Phi) is 5.77. The first-order valence-corrected chi connectivity index (χ1v) is 9.63. The van der Waals surface area contributed by atoms with Crippen molar-refractivity contribution in [1.82, 2.24) is 4.98 Å². The number of anilines is 1. The van der Waals surface area contributed by atoms with Gasteiger partial charge in [0.05, 0.1) is 4.58 Å². The molecule has 1 aromatic heterocycles. The number of aromatic nitrogens is 1. The fourth-order valence-electron chi connectivity index (χ4n) is 2.27. The second-order valence-corrected chi connectivity index (χ2v) is 7.89. The van der Waals surface area contributed by atoms with Crippen LogP contribution >= 0.6 is 23.5 Å². The van der Waals surface area contributed by atoms with E-state index >= 15 is 0 Å². The molecule has 1 saturated heterocycles. The van der Waals surface area contributed by atoms with Gasteiger partial charge in [0.1, 0.15) is 0 Å². The van der Waals surface area contributed by atoms with Crippen LogP contribution in [0.2, 0.25) is 0 Å². The number of hydrogen-bond acceptors (Lipinski definition) is 4. The normalized spacial score (nSPS) is 15.7. The molecule has 3 rings (SSSR count). The summed E-state index contributed by atoms with van der Waals surface area (Å²) >= 11 is 3.96. The zero-order valence-corrected chi connectivity index (χ0v) is 14.3. The predicted octanol–water partition coefficient (Wildman–Crippen LogP) is 4.60. The largest absolute Gasteiger partial charge is 0.323 e. The molecule has 1 N–H and O–H groups in total. The molecular weight excluding hydrogens is 324 g/mol. The Morgan fingerprint density at radius 2 is 2.09 bits per heavy atom. The van der Waals surface area contributed by atoms with E-state index in [1.165, 1.54) is 29.6 Å². The zero-order chi connectivity index (χ0) is 15.9. The quantitative estimate of drug-likeness (QED) is 0.825. The van der Waals surface area contributed by atoms with Gasteiger partial charge >= 0.3 is 0 Å². The molecule has 2 aromatic rings. The van der Waals surface area contributed by atoms with Gasteiger partial charge in [-0.3, -0.25) is 9.78 Å². The van der Waals surface area contributed by atoms with Crippen molar-refractivity contribution in [1.29, 1.82) is 0 Å². The third-order valence-corrected chi connectivity index (χ3v) is 6.38. The summed E-state index contributed by atoms with van der Waals surface area (Å²) in [6, 6.07) is 11.9. The van der Waals surface area contributed by atoms with Crippen molar-refractivity contribution >= 4 is 41.2 Å². The van der Waals surface area contributed by atoms with Crippen LogP contribution in [0.1, 0.15) is 22.1 Å². The van der Waals surface area contributed by atoms with Gasteiger partial charge in [0, 0.05) is 24.2 Å². The van der Waals surface area contributed by atoms with Gasteiger partial charge in [-0.2, -0.15) is 0 Å². The van der Waals surface area contributed by atoms with E-state index in [9.17, 15) is 4.79 Å². The molecule has 0 spiro atoms. The van der Waals surface area contributed by atoms with E-state index in [1.54, 1.807) is 18.5 Å². The van der Waals surface area contributed by atoms with Crippen molar-refractivity contribution in [2.45, 2.75) is 11.0 Å². The van der Waals surface area contributed by atoms with Gasteiger partial charge in [-0.1, -0.05) is 18.2 Å². The first kappa shape index (κ1) is 16.1. The number of rotatable bonds is 4. The molecule has 0 radical (unpaired) electrons. The summed E-state index contributed by atoms with van der Waals surface area (Å²) < 4.78 is 0.478. The maximum atomic E-state index is 12.0. The molecule has 5 heteroatoms. The van der Waals surface area contributed by atoms with Crippen LogP contribution in [0.5, 0.6) is 0 Å². The number of carbonyl (C=O) groups is 1. The van der Waals surface area contributed by atoms with Gasteiger partial charge < -0.3 is 5.32 Å². The molecular formula is C18H18N2OS2. The summed E-state index contributed by atoms with van der Waals surface area (Å²) in [7, 11) is 0. The molecule has 2 heterocycles. The molecule has 0 aliphatic carbocycles. The highest BCUT2D eigenvalue weighted by atomic mass is 32.2. The molecule has 0 unspecified atom stereocenters. The highest BCUT2D eigenvalue weighted by Crippen LogP contribution is 2.43. The minimum absolute atomic E-state index is 0.130. The Bertz CT molecular complexity index is 682. The highest BCUT2D eigenvalue weighted by Gasteiger charge is 2.16. The molecule has 1 aromatic carbocycles. The Morgan fingerprint density at radius 1 is 1.22 bits per heavy atom. The number of thioether (sulfide) groups is 2. The minimum atomic E-state index is -0.130. The molecule has 0 atom stereocenters. The monoisotopic (exact) mass is 342 g/mol. The third-order valence-electron chi connectivity index (χ3n) is 3.37. The Hall–Kier alpha value is -1.72. The maximum Gasteiger partial charge on any atom is 0.248 e. The molecule has 3 nitrogen and oxygen atoms in total. The molecule has 1 aliphatic heterocycles. The van der Waals surface area contributed by atoms with Crippen LogP contribution in [-0.2, 0) is 4.79 Å². The van der Waals surface area contributed by atoms with Crippen molar-refractivity contribution in [3.8, 4) is 0 Å². The van der Waals surface area contributed by atoms with E-state index in [1.807, 2.05) is 47.8 Å². The first-order valence-electron chi connectivity index (χ1n) is 7.53. The standard InChI is InChI=1S/C18H18N2OS2/c21-17(8-7-14-4-2-9-19-13-14)20-16-6-1-5-15(12-16)18-22-10-3-11-23-18/h1-2,4-9,12-13,18H,3,10-11H2,(H,20,21)/b8-7-. The first-order chi connectivity index (χ1) is 11.3. The van der Waals surface area contributed by atoms with Crippen molar-refractivity contribution < 1.29 is 4.79 Å². The summed E-state index contributed by atoms with van der Waals surface area (Å²) in [6.07, 6.45) is 8.01. The summed E-state index contributed by atoms with van der Waals surface area (Å²) in [6.45, 7) is 0. The van der Waals surface area contributed by atoms with E-state index in [0.29, 0.717) is 4.58 Å². The number of benzene rings is 1. The fraction of sp³-hybridized carbons (Fsp3) is 0.222. The van der Waals surface area contributed by atoms with Crippen molar-refractivity contribution in [2.75, 3.05) is 16.8 Å². The predicted molar refractivity (Wildman–Crippen MR) is 101 cm³/mol. The molecule has 1 fully saturated rings. The Balaban J connectivity index is 1.63. The minimum Gasteiger partial charge on any atom is -0.323 e. The van der Waals surface area contributed by atoms with Crippen LogP contribution < -0.4 is 5.32 Å². The van der Waals surface area contributed by atoms with Crippen molar-refractivity contribution in [3.05, 3.63) is 66.0 Å². The lowest BCUT2D eigenvalue weighted by molar-refractivity contribution is -0.111. The third kappa shape index (κ3) is 4.88. The Labute approximate surface area is 145 Å². The van der Waals surface area contributed by atoms with Crippen LogP contribution in [0.15, 0.2) is 54.9 Å². The summed E-state index contributed by atoms with van der Waals surface area (Å²) in [5.41, 5.74) is 3.02. The average Bonchev–Trinajstić information content (AvgIpc) is 2.62. The molecule has 118 valence electrons. The number of nitrogens with one attached hydrogen (secondary N) is 1. The molecule has 0 saturated carbocycles. The van der Waals surface area contributed by atoms with Gasteiger partial charge in [0.15, 0.2) is 0 Å². The van der Waals surface area contributed by atoms with E-state index in [-0.39, 0.29) is 5.91 Å². The van der Waals surface area contributed by atoms with Crippen LogP contribution in [0, 0.1) is 0 Å². The van der Waals surface area contributed by atoms with E-state index in [2.05, 4.69) is 22.4 Å². The van der Waals surface area contributed by atoms with Crippen molar-refractivity contribution in [2.24, 2.45) is 0 Å². The van der Waals surface area contributed by atoms with Gasteiger partial charge in [-0.25, -0.2) is 0 Å². The van der Waals surface area contributed by atoms with Crippen LogP contribution in [0.4, 0.5) is 5.69 Å². The van der Waals surface area contributed by atoms with Gasteiger partial charge in [-0.05, 0) is 53.3 Å². The summed E-state index contributed by atoms with van der Waals surface area (Å²) in [5, 5.41) is 2.93. The lowest BCUT2D eigenvalue weighted by Crippen LogP contribution is -2.08. The molecule has 0 bridgehead atoms. The van der Waals surface area contributed by atoms with Gasteiger partial charge in [-0.15, -0.1) is 23.5 Å². The zero-order valence-electron chi connectivity index (χ0n) is 12.6. The lowest BCUT2D eigenvalue weighted by Gasteiger charge is -2.21. The fourth-order valence-corrected chi connectivity index (χ4v) is 5.15. The molecule has 1 amide bonds. The number of pyridine rings is 1. The lowest BCUT2D eigenvalue weighted by atomic mass is 10.2.